The lowest BCUT2D eigenvalue weighted by atomic mass is 9.95. The molecule has 126 valence electrons. The van der Waals surface area contributed by atoms with Crippen LogP contribution in [0.3, 0.4) is 0 Å². The Balaban J connectivity index is 1.96. The van der Waals surface area contributed by atoms with Crippen LogP contribution in [0.5, 0.6) is 0 Å². The van der Waals surface area contributed by atoms with Gasteiger partial charge in [0.05, 0.1) is 6.04 Å². The van der Waals surface area contributed by atoms with E-state index in [1.807, 2.05) is 43.1 Å². The summed E-state index contributed by atoms with van der Waals surface area (Å²) < 4.78 is 0. The third-order valence-electron chi connectivity index (χ3n) is 4.49. The van der Waals surface area contributed by atoms with E-state index >= 15 is 0 Å². The number of rotatable bonds is 4. The largest absolute Gasteiger partial charge is 0.331 e. The van der Waals surface area contributed by atoms with E-state index in [1.165, 1.54) is 26.2 Å². The van der Waals surface area contributed by atoms with Crippen molar-refractivity contribution in [1.82, 2.24) is 10.2 Å². The zero-order valence-electron chi connectivity index (χ0n) is 14.3. The summed E-state index contributed by atoms with van der Waals surface area (Å²) in [6, 6.07) is 7.78. The summed E-state index contributed by atoms with van der Waals surface area (Å²) in [5.74, 6) is -0.101. The van der Waals surface area contributed by atoms with Crippen molar-refractivity contribution in [3.8, 4) is 0 Å². The van der Waals surface area contributed by atoms with Crippen molar-refractivity contribution in [2.24, 2.45) is 0 Å². The fourth-order valence-corrected chi connectivity index (χ4v) is 3.09. The molecule has 1 fully saturated rings. The quantitative estimate of drug-likeness (QED) is 0.890. The van der Waals surface area contributed by atoms with Gasteiger partial charge < -0.3 is 15.5 Å². The summed E-state index contributed by atoms with van der Waals surface area (Å²) in [5.41, 5.74) is 1.72. The number of amides is 3. The molecule has 1 aromatic carbocycles. The predicted octanol–water partition coefficient (Wildman–Crippen LogP) is 3.68. The second-order valence-electron chi connectivity index (χ2n) is 6.38. The number of nitrogens with zero attached hydrogens (tertiary/aromatic N) is 1. The Morgan fingerprint density at radius 2 is 1.91 bits per heavy atom. The average molecular weight is 317 g/mol. The highest BCUT2D eigenvalue weighted by Gasteiger charge is 2.23. The van der Waals surface area contributed by atoms with E-state index in [-0.39, 0.29) is 18.0 Å². The molecule has 0 spiro atoms. The number of anilines is 1. The fourth-order valence-electron chi connectivity index (χ4n) is 3.09. The molecule has 5 nitrogen and oxygen atoms in total. The fraction of sp³-hybridized carbons (Fsp3) is 0.556. The van der Waals surface area contributed by atoms with Crippen LogP contribution >= 0.6 is 0 Å². The van der Waals surface area contributed by atoms with E-state index in [2.05, 4.69) is 10.6 Å². The van der Waals surface area contributed by atoms with Gasteiger partial charge in [-0.1, -0.05) is 31.4 Å². The summed E-state index contributed by atoms with van der Waals surface area (Å²) in [5, 5.41) is 5.81. The zero-order chi connectivity index (χ0) is 16.8. The minimum atomic E-state index is -0.109. The molecule has 2 rings (SSSR count). The number of nitrogens with one attached hydrogen (secondary N) is 2. The monoisotopic (exact) mass is 317 g/mol. The van der Waals surface area contributed by atoms with E-state index in [9.17, 15) is 9.59 Å². The Kier molecular flexibility index (Phi) is 6.02. The van der Waals surface area contributed by atoms with Gasteiger partial charge in [0.15, 0.2) is 0 Å². The summed E-state index contributed by atoms with van der Waals surface area (Å²) in [6.45, 7) is 3.44. The van der Waals surface area contributed by atoms with Gasteiger partial charge in [-0.3, -0.25) is 4.79 Å². The minimum absolute atomic E-state index is 0.0330. The molecule has 3 amide bonds. The van der Waals surface area contributed by atoms with Crippen LogP contribution in [0.1, 0.15) is 57.6 Å². The molecule has 0 radical (unpaired) electrons. The Labute approximate surface area is 138 Å². The molecule has 1 atom stereocenters. The zero-order valence-corrected chi connectivity index (χ0v) is 14.3. The summed E-state index contributed by atoms with van der Waals surface area (Å²) in [7, 11) is 1.88. The van der Waals surface area contributed by atoms with Gasteiger partial charge >= 0.3 is 6.03 Å². The summed E-state index contributed by atoms with van der Waals surface area (Å²) in [6.07, 6.45) is 5.87. The van der Waals surface area contributed by atoms with Crippen LogP contribution in [0.2, 0.25) is 0 Å². The van der Waals surface area contributed by atoms with E-state index in [0.717, 1.165) is 24.1 Å². The van der Waals surface area contributed by atoms with Gasteiger partial charge in [-0.05, 0) is 37.5 Å². The van der Waals surface area contributed by atoms with Crippen molar-refractivity contribution < 1.29 is 9.59 Å². The van der Waals surface area contributed by atoms with Crippen LogP contribution in [-0.2, 0) is 4.79 Å². The lowest BCUT2D eigenvalue weighted by Crippen LogP contribution is -2.45. The van der Waals surface area contributed by atoms with Crippen LogP contribution in [0, 0.1) is 0 Å². The highest BCUT2D eigenvalue weighted by molar-refractivity contribution is 5.88. The Hall–Kier alpha value is -2.04. The normalized spacial score (nSPS) is 16.5. The van der Waals surface area contributed by atoms with Crippen molar-refractivity contribution in [3.05, 3.63) is 29.8 Å². The third-order valence-corrected chi connectivity index (χ3v) is 4.49. The first-order valence-electron chi connectivity index (χ1n) is 8.38. The van der Waals surface area contributed by atoms with Crippen molar-refractivity contribution in [1.29, 1.82) is 0 Å². The van der Waals surface area contributed by atoms with Gasteiger partial charge in [0.25, 0.3) is 0 Å². The second kappa shape index (κ2) is 7.99. The second-order valence-corrected chi connectivity index (χ2v) is 6.38. The topological polar surface area (TPSA) is 61.4 Å². The van der Waals surface area contributed by atoms with Gasteiger partial charge in [-0.2, -0.15) is 0 Å². The lowest BCUT2D eigenvalue weighted by Gasteiger charge is -2.32. The molecule has 1 aliphatic carbocycles. The Bertz CT molecular complexity index is 553. The smallest absolute Gasteiger partial charge is 0.317 e. The molecule has 1 unspecified atom stereocenters. The minimum Gasteiger partial charge on any atom is -0.331 e. The SMILES string of the molecule is CC(=O)Nc1cccc(C(C)NC(=O)N(C)C2CCCCC2)c1. The van der Waals surface area contributed by atoms with Crippen LogP contribution < -0.4 is 10.6 Å². The van der Waals surface area contributed by atoms with Crippen LogP contribution in [0.15, 0.2) is 24.3 Å². The predicted molar refractivity (Wildman–Crippen MR) is 92.3 cm³/mol. The lowest BCUT2D eigenvalue weighted by molar-refractivity contribution is -0.114. The molecule has 5 heteroatoms. The molecule has 0 bridgehead atoms. The maximum Gasteiger partial charge on any atom is 0.317 e. The number of urea groups is 1. The first-order chi connectivity index (χ1) is 11.0. The van der Waals surface area contributed by atoms with Gasteiger partial charge in [-0.15, -0.1) is 0 Å². The molecule has 0 aromatic heterocycles. The molecule has 0 saturated heterocycles. The molecular formula is C18H27N3O2. The third kappa shape index (κ3) is 4.98. The van der Waals surface area contributed by atoms with Crippen molar-refractivity contribution in [2.75, 3.05) is 12.4 Å². The van der Waals surface area contributed by atoms with Gasteiger partial charge in [0, 0.05) is 25.7 Å². The molecule has 2 N–H and O–H groups in total. The van der Waals surface area contributed by atoms with Crippen molar-refractivity contribution in [3.63, 3.8) is 0 Å². The molecule has 0 heterocycles. The number of benzene rings is 1. The number of hydrogen-bond acceptors (Lipinski definition) is 2. The van der Waals surface area contributed by atoms with Gasteiger partial charge in [0.2, 0.25) is 5.91 Å². The maximum absolute atomic E-state index is 12.4. The van der Waals surface area contributed by atoms with Gasteiger partial charge in [-0.25, -0.2) is 4.79 Å². The average Bonchev–Trinajstić information content (AvgIpc) is 2.54. The Morgan fingerprint density at radius 3 is 2.57 bits per heavy atom. The molecule has 0 aliphatic heterocycles. The standard InChI is InChI=1S/C18H27N3O2/c1-13(15-8-7-9-16(12-15)20-14(2)22)19-18(23)21(3)17-10-5-4-6-11-17/h7-9,12-13,17H,4-6,10-11H2,1-3H3,(H,19,23)(H,20,22). The maximum atomic E-state index is 12.4. The van der Waals surface area contributed by atoms with E-state index in [4.69, 9.17) is 0 Å². The first kappa shape index (κ1) is 17.3. The van der Waals surface area contributed by atoms with E-state index in [1.54, 1.807) is 0 Å². The molecule has 1 aromatic rings. The van der Waals surface area contributed by atoms with Crippen molar-refractivity contribution >= 4 is 17.6 Å². The number of carbonyl (C=O) groups is 2. The number of carbonyl (C=O) groups excluding carboxylic acids is 2. The number of hydrogen-bond donors (Lipinski definition) is 2. The van der Waals surface area contributed by atoms with E-state index in [0.29, 0.717) is 6.04 Å². The first-order valence-corrected chi connectivity index (χ1v) is 8.38. The highest BCUT2D eigenvalue weighted by atomic mass is 16.2. The highest BCUT2D eigenvalue weighted by Crippen LogP contribution is 2.22. The summed E-state index contributed by atoms with van der Waals surface area (Å²) in [4.78, 5) is 25.4. The van der Waals surface area contributed by atoms with E-state index < -0.39 is 0 Å². The molecular weight excluding hydrogens is 290 g/mol. The van der Waals surface area contributed by atoms with Crippen molar-refractivity contribution in [2.45, 2.75) is 58.0 Å². The molecule has 1 aliphatic rings. The van der Waals surface area contributed by atoms with Crippen LogP contribution in [0.25, 0.3) is 0 Å². The van der Waals surface area contributed by atoms with Crippen LogP contribution in [-0.4, -0.2) is 29.9 Å². The molecule has 1 saturated carbocycles. The van der Waals surface area contributed by atoms with Crippen LogP contribution in [0.4, 0.5) is 10.5 Å². The Morgan fingerprint density at radius 1 is 1.22 bits per heavy atom. The summed E-state index contributed by atoms with van der Waals surface area (Å²) >= 11 is 0. The van der Waals surface area contributed by atoms with Gasteiger partial charge in [0.1, 0.15) is 0 Å². The molecule has 23 heavy (non-hydrogen) atoms.